The van der Waals surface area contributed by atoms with E-state index in [0.717, 1.165) is 5.56 Å². The Morgan fingerprint density at radius 1 is 1.47 bits per heavy atom. The third-order valence-corrected chi connectivity index (χ3v) is 4.24. The summed E-state index contributed by atoms with van der Waals surface area (Å²) in [5.74, 6) is 0. The first-order valence-corrected chi connectivity index (χ1v) is 6.08. The van der Waals surface area contributed by atoms with Gasteiger partial charge in [0.05, 0.1) is 10.5 Å². The van der Waals surface area contributed by atoms with E-state index in [1.54, 1.807) is 12.1 Å². The van der Waals surface area contributed by atoms with Gasteiger partial charge in [-0.2, -0.15) is 0 Å². The molecule has 6 heteroatoms. The molecule has 2 N–H and O–H groups in total. The first kappa shape index (κ1) is 11.9. The second-order valence-corrected chi connectivity index (χ2v) is 5.52. The molecule has 0 saturated carbocycles. The average molecular weight is 251 g/mol. The summed E-state index contributed by atoms with van der Waals surface area (Å²) in [6.45, 7) is 4.04. The number of hydrogen-bond acceptors (Lipinski definition) is 5. The van der Waals surface area contributed by atoms with Crippen LogP contribution in [0.2, 0.25) is 0 Å². The Hall–Kier alpha value is -1.56. The second kappa shape index (κ2) is 4.03. The number of nitro benzene ring substituents is 1. The number of nitrogens with zero attached hydrogens (tertiary/aromatic N) is 2. The third kappa shape index (κ3) is 2.00. The summed E-state index contributed by atoms with van der Waals surface area (Å²) >= 11 is 1.53. The fourth-order valence-electron chi connectivity index (χ4n) is 1.86. The summed E-state index contributed by atoms with van der Waals surface area (Å²) in [6.07, 6.45) is 0. The van der Waals surface area contributed by atoms with Gasteiger partial charge in [0, 0.05) is 17.4 Å². The van der Waals surface area contributed by atoms with Gasteiger partial charge in [-0.25, -0.2) is 0 Å². The molecule has 0 bridgehead atoms. The van der Waals surface area contributed by atoms with Gasteiger partial charge in [-0.1, -0.05) is 18.7 Å². The fraction of sp³-hybridized carbons (Fsp3) is 0.364. The molecule has 2 unspecified atom stereocenters. The third-order valence-electron chi connectivity index (χ3n) is 3.09. The van der Waals surface area contributed by atoms with Crippen molar-refractivity contribution in [2.75, 3.05) is 0 Å². The number of nitrogens with two attached hydrogens (primary N) is 1. The minimum Gasteiger partial charge on any atom is -0.379 e. The van der Waals surface area contributed by atoms with Crippen LogP contribution in [0.3, 0.4) is 0 Å². The molecular formula is C11H13N3O2S. The summed E-state index contributed by atoms with van der Waals surface area (Å²) in [6, 6.07) is 6.50. The highest BCUT2D eigenvalue weighted by molar-refractivity contribution is 8.14. The molecule has 0 radical (unpaired) electrons. The highest BCUT2D eigenvalue weighted by atomic mass is 32.2. The maximum Gasteiger partial charge on any atom is 0.269 e. The Labute approximate surface area is 103 Å². The van der Waals surface area contributed by atoms with Crippen molar-refractivity contribution in [1.82, 2.24) is 0 Å². The van der Waals surface area contributed by atoms with E-state index < -0.39 is 10.5 Å². The van der Waals surface area contributed by atoms with Crippen LogP contribution in [0.5, 0.6) is 0 Å². The number of nitro groups is 1. The molecule has 1 aliphatic rings. The summed E-state index contributed by atoms with van der Waals surface area (Å²) < 4.78 is 0. The van der Waals surface area contributed by atoms with Gasteiger partial charge < -0.3 is 5.73 Å². The molecule has 1 aliphatic heterocycles. The Morgan fingerprint density at radius 3 is 2.47 bits per heavy atom. The van der Waals surface area contributed by atoms with Crippen LogP contribution in [-0.2, 0) is 5.54 Å². The summed E-state index contributed by atoms with van der Waals surface area (Å²) in [5, 5.41) is 11.4. The predicted octanol–water partition coefficient (Wildman–Crippen LogP) is 2.26. The zero-order valence-corrected chi connectivity index (χ0v) is 10.4. The lowest BCUT2D eigenvalue weighted by atomic mass is 9.89. The van der Waals surface area contributed by atoms with Gasteiger partial charge in [0.15, 0.2) is 5.17 Å². The van der Waals surface area contributed by atoms with Gasteiger partial charge in [0.2, 0.25) is 0 Å². The normalized spacial score (nSPS) is 27.9. The van der Waals surface area contributed by atoms with E-state index in [0.29, 0.717) is 5.17 Å². The standard InChI is InChI=1S/C11H13N3O2S/c1-7-11(2,13-10(12)17-7)8-3-5-9(6-4-8)14(15)16/h3-7H,1-2H3,(H2,12,13). The van der Waals surface area contributed by atoms with E-state index in [9.17, 15) is 10.1 Å². The van der Waals surface area contributed by atoms with Crippen LogP contribution in [-0.4, -0.2) is 15.3 Å². The highest BCUT2D eigenvalue weighted by Crippen LogP contribution is 2.41. The fourth-order valence-corrected chi connectivity index (χ4v) is 2.88. The van der Waals surface area contributed by atoms with Crippen LogP contribution in [0, 0.1) is 10.1 Å². The largest absolute Gasteiger partial charge is 0.379 e. The Kier molecular flexibility index (Phi) is 2.82. The van der Waals surface area contributed by atoms with Gasteiger partial charge >= 0.3 is 0 Å². The molecular weight excluding hydrogens is 238 g/mol. The summed E-state index contributed by atoms with van der Waals surface area (Å²) in [5.41, 5.74) is 6.36. The molecule has 90 valence electrons. The van der Waals surface area contributed by atoms with Crippen molar-refractivity contribution >= 4 is 22.6 Å². The van der Waals surface area contributed by atoms with Crippen molar-refractivity contribution < 1.29 is 4.92 Å². The molecule has 0 aromatic heterocycles. The molecule has 17 heavy (non-hydrogen) atoms. The number of rotatable bonds is 2. The van der Waals surface area contributed by atoms with E-state index in [4.69, 9.17) is 5.73 Å². The van der Waals surface area contributed by atoms with Crippen molar-refractivity contribution in [1.29, 1.82) is 0 Å². The average Bonchev–Trinajstić information content (AvgIpc) is 2.54. The van der Waals surface area contributed by atoms with Crippen molar-refractivity contribution in [3.8, 4) is 0 Å². The predicted molar refractivity (Wildman–Crippen MR) is 69.1 cm³/mol. The number of hydrogen-bond donors (Lipinski definition) is 1. The van der Waals surface area contributed by atoms with Gasteiger partial charge in [0.1, 0.15) is 0 Å². The van der Waals surface area contributed by atoms with E-state index >= 15 is 0 Å². The lowest BCUT2D eigenvalue weighted by Crippen LogP contribution is -2.26. The first-order valence-electron chi connectivity index (χ1n) is 5.20. The summed E-state index contributed by atoms with van der Waals surface area (Å²) in [4.78, 5) is 14.6. The van der Waals surface area contributed by atoms with Gasteiger partial charge in [0.25, 0.3) is 5.69 Å². The number of aliphatic imine (C=N–C) groups is 1. The number of amidine groups is 1. The molecule has 2 atom stereocenters. The van der Waals surface area contributed by atoms with Crippen LogP contribution in [0.15, 0.2) is 29.3 Å². The maximum absolute atomic E-state index is 10.6. The Balaban J connectivity index is 2.37. The van der Waals surface area contributed by atoms with E-state index in [-0.39, 0.29) is 10.9 Å². The van der Waals surface area contributed by atoms with Crippen LogP contribution < -0.4 is 5.73 Å². The number of benzene rings is 1. The molecule has 1 aromatic rings. The van der Waals surface area contributed by atoms with E-state index in [1.165, 1.54) is 23.9 Å². The van der Waals surface area contributed by atoms with Gasteiger partial charge in [-0.15, -0.1) is 0 Å². The molecule has 0 aliphatic carbocycles. The monoisotopic (exact) mass is 251 g/mol. The quantitative estimate of drug-likeness (QED) is 0.645. The SMILES string of the molecule is CC1SC(N)=NC1(C)c1ccc([N+](=O)[O-])cc1. The van der Waals surface area contributed by atoms with Crippen LogP contribution in [0.4, 0.5) is 5.69 Å². The Bertz CT molecular complexity index is 486. The van der Waals surface area contributed by atoms with Crippen molar-refractivity contribution in [2.24, 2.45) is 10.7 Å². The molecule has 0 saturated heterocycles. The summed E-state index contributed by atoms with van der Waals surface area (Å²) in [7, 11) is 0. The minimum absolute atomic E-state index is 0.0904. The van der Waals surface area contributed by atoms with Crippen LogP contribution in [0.1, 0.15) is 19.4 Å². The lowest BCUT2D eigenvalue weighted by Gasteiger charge is -2.25. The van der Waals surface area contributed by atoms with Gasteiger partial charge in [-0.3, -0.25) is 15.1 Å². The smallest absolute Gasteiger partial charge is 0.269 e. The highest BCUT2D eigenvalue weighted by Gasteiger charge is 2.39. The maximum atomic E-state index is 10.6. The molecule has 1 aromatic carbocycles. The second-order valence-electron chi connectivity index (χ2n) is 4.16. The molecule has 2 rings (SSSR count). The van der Waals surface area contributed by atoms with Crippen molar-refractivity contribution in [3.05, 3.63) is 39.9 Å². The Morgan fingerprint density at radius 2 is 2.06 bits per heavy atom. The van der Waals surface area contributed by atoms with Crippen LogP contribution in [0.25, 0.3) is 0 Å². The molecule has 0 amide bonds. The number of thioether (sulfide) groups is 1. The molecule has 5 nitrogen and oxygen atoms in total. The minimum atomic E-state index is -0.406. The first-order chi connectivity index (χ1) is 7.93. The zero-order chi connectivity index (χ0) is 12.6. The van der Waals surface area contributed by atoms with E-state index in [2.05, 4.69) is 11.9 Å². The van der Waals surface area contributed by atoms with E-state index in [1.807, 2.05) is 6.92 Å². The molecule has 0 fully saturated rings. The molecule has 0 spiro atoms. The van der Waals surface area contributed by atoms with Gasteiger partial charge in [-0.05, 0) is 24.6 Å². The molecule has 1 heterocycles. The van der Waals surface area contributed by atoms with Crippen molar-refractivity contribution in [3.63, 3.8) is 0 Å². The topological polar surface area (TPSA) is 81.5 Å². The number of non-ortho nitro benzene ring substituents is 1. The van der Waals surface area contributed by atoms with Crippen molar-refractivity contribution in [2.45, 2.75) is 24.6 Å². The zero-order valence-electron chi connectivity index (χ0n) is 9.58. The lowest BCUT2D eigenvalue weighted by molar-refractivity contribution is -0.384. The van der Waals surface area contributed by atoms with Crippen LogP contribution >= 0.6 is 11.8 Å².